The highest BCUT2D eigenvalue weighted by Gasteiger charge is 2.45. The van der Waals surface area contributed by atoms with Gasteiger partial charge in [-0.05, 0) is 79.8 Å². The maximum atomic E-state index is 11.9. The Morgan fingerprint density at radius 1 is 0.960 bits per heavy atom. The van der Waals surface area contributed by atoms with Crippen molar-refractivity contribution in [2.24, 2.45) is 0 Å². The normalized spacial score (nSPS) is 17.4. The number of aliphatic carboxylic acids is 1. The number of non-ortho nitro benzene ring substituents is 1. The molecule has 3 aromatic carbocycles. The van der Waals surface area contributed by atoms with Gasteiger partial charge in [0.05, 0.1) is 15.2 Å². The van der Waals surface area contributed by atoms with Crippen LogP contribution in [0.25, 0.3) is 10.8 Å². The van der Waals surface area contributed by atoms with Gasteiger partial charge in [-0.15, -0.1) is 0 Å². The lowest BCUT2D eigenvalue weighted by atomic mass is 9.79. The van der Waals surface area contributed by atoms with Crippen molar-refractivity contribution in [2.75, 3.05) is 18.0 Å². The minimum atomic E-state index is -4.35. The number of fused-ring (bicyclic) bond motifs is 4. The zero-order valence-electron chi connectivity index (χ0n) is 29.3. The van der Waals surface area contributed by atoms with Gasteiger partial charge in [-0.1, -0.05) is 51.5 Å². The number of rotatable bonds is 14. The first-order valence-electron chi connectivity index (χ1n) is 17.1. The number of unbranched alkanes of at least 4 members (excludes halogenated alkanes) is 3. The summed E-state index contributed by atoms with van der Waals surface area (Å²) in [4.78, 5) is 24.4. The highest BCUT2D eigenvalue weighted by atomic mass is 32.2. The molecule has 2 heterocycles. The molecule has 0 spiro atoms. The Kier molecular flexibility index (Phi) is 10.5. The number of benzene rings is 3. The summed E-state index contributed by atoms with van der Waals surface area (Å²) < 4.78 is 35.6. The average Bonchev–Trinajstić information content (AvgIpc) is 3.40. The second kappa shape index (κ2) is 14.3. The van der Waals surface area contributed by atoms with E-state index in [0.717, 1.165) is 71.5 Å². The van der Waals surface area contributed by atoms with Crippen molar-refractivity contribution in [3.8, 4) is 0 Å². The fourth-order valence-electron chi connectivity index (χ4n) is 7.39. The van der Waals surface area contributed by atoms with Gasteiger partial charge >= 0.3 is 5.97 Å². The van der Waals surface area contributed by atoms with E-state index in [4.69, 9.17) is 5.11 Å². The molecule has 10 nitrogen and oxygen atoms in total. The van der Waals surface area contributed by atoms with E-state index in [-0.39, 0.29) is 21.9 Å². The van der Waals surface area contributed by atoms with Crippen LogP contribution < -0.4 is 4.90 Å². The molecule has 0 bridgehead atoms. The van der Waals surface area contributed by atoms with E-state index in [1.165, 1.54) is 12.1 Å². The van der Waals surface area contributed by atoms with Crippen molar-refractivity contribution in [2.45, 2.75) is 88.9 Å². The SMILES string of the molecule is CCCCN1C(=CC=CC=CC2=[N+](CCCCCC(=O)O)c3ccc4cc(S(=O)(=O)O)ccc4c3C2(C)C)C(C)(C)c2cc([N+](=O)[O-])ccc21. The van der Waals surface area contributed by atoms with Gasteiger partial charge in [0.15, 0.2) is 5.71 Å². The number of nitro benzene ring substituents is 1. The van der Waals surface area contributed by atoms with E-state index in [0.29, 0.717) is 18.4 Å². The Morgan fingerprint density at radius 2 is 1.72 bits per heavy atom. The van der Waals surface area contributed by atoms with Gasteiger partial charge < -0.3 is 10.0 Å². The third-order valence-electron chi connectivity index (χ3n) is 9.94. The maximum Gasteiger partial charge on any atom is 0.303 e. The van der Waals surface area contributed by atoms with Gasteiger partial charge in [-0.3, -0.25) is 19.5 Å². The van der Waals surface area contributed by atoms with Crippen LogP contribution >= 0.6 is 0 Å². The number of nitrogens with zero attached hydrogens (tertiary/aromatic N) is 3. The molecule has 11 heteroatoms. The first-order chi connectivity index (χ1) is 23.6. The van der Waals surface area contributed by atoms with Crippen LogP contribution in [0.3, 0.4) is 0 Å². The van der Waals surface area contributed by atoms with E-state index >= 15 is 0 Å². The summed E-state index contributed by atoms with van der Waals surface area (Å²) in [5.41, 5.74) is 5.33. The van der Waals surface area contributed by atoms with Gasteiger partial charge in [0.1, 0.15) is 6.54 Å². The summed E-state index contributed by atoms with van der Waals surface area (Å²) >= 11 is 0. The van der Waals surface area contributed by atoms with Gasteiger partial charge in [0, 0.05) is 66.0 Å². The summed E-state index contributed by atoms with van der Waals surface area (Å²) in [6.45, 7) is 12.1. The van der Waals surface area contributed by atoms with Crippen molar-refractivity contribution in [1.29, 1.82) is 0 Å². The third-order valence-corrected chi connectivity index (χ3v) is 10.8. The van der Waals surface area contributed by atoms with Crippen LogP contribution in [0.4, 0.5) is 17.1 Å². The van der Waals surface area contributed by atoms with E-state index in [1.807, 2.05) is 36.4 Å². The molecule has 0 unspecified atom stereocenters. The highest BCUT2D eigenvalue weighted by molar-refractivity contribution is 7.85. The molecule has 50 heavy (non-hydrogen) atoms. The number of hydrogen-bond donors (Lipinski definition) is 2. The Hall–Kier alpha value is -4.61. The Bertz CT molecular complexity index is 2070. The summed E-state index contributed by atoms with van der Waals surface area (Å²) in [6.07, 6.45) is 14.5. The van der Waals surface area contributed by atoms with E-state index in [1.54, 1.807) is 18.2 Å². The van der Waals surface area contributed by atoms with Gasteiger partial charge in [-0.25, -0.2) is 0 Å². The fourth-order valence-corrected chi connectivity index (χ4v) is 7.90. The number of nitro groups is 1. The smallest absolute Gasteiger partial charge is 0.303 e. The van der Waals surface area contributed by atoms with E-state index in [2.05, 4.69) is 56.2 Å². The molecule has 2 N–H and O–H groups in total. The molecular formula is C39H46N3O7S+. The molecule has 3 aromatic rings. The van der Waals surface area contributed by atoms with E-state index in [9.17, 15) is 27.9 Å². The summed E-state index contributed by atoms with van der Waals surface area (Å²) in [7, 11) is -4.35. The molecule has 0 saturated heterocycles. The summed E-state index contributed by atoms with van der Waals surface area (Å²) in [5, 5.41) is 22.3. The monoisotopic (exact) mass is 700 g/mol. The molecule has 0 saturated carbocycles. The molecule has 2 aliphatic rings. The minimum absolute atomic E-state index is 0.0854. The van der Waals surface area contributed by atoms with Crippen molar-refractivity contribution in [3.63, 3.8) is 0 Å². The lowest BCUT2D eigenvalue weighted by molar-refractivity contribution is -0.438. The topological polar surface area (TPSA) is 141 Å². The van der Waals surface area contributed by atoms with Crippen molar-refractivity contribution >= 4 is 49.6 Å². The predicted octanol–water partition coefficient (Wildman–Crippen LogP) is 8.61. The highest BCUT2D eigenvalue weighted by Crippen LogP contribution is 2.49. The predicted molar refractivity (Wildman–Crippen MR) is 197 cm³/mol. The zero-order chi connectivity index (χ0) is 36.4. The molecule has 2 aliphatic heterocycles. The van der Waals surface area contributed by atoms with Crippen molar-refractivity contribution < 1.29 is 32.4 Å². The van der Waals surface area contributed by atoms with Gasteiger partial charge in [0.2, 0.25) is 5.69 Å². The first-order valence-corrected chi connectivity index (χ1v) is 18.6. The number of allylic oxidation sites excluding steroid dienone is 6. The van der Waals surface area contributed by atoms with E-state index < -0.39 is 26.9 Å². The summed E-state index contributed by atoms with van der Waals surface area (Å²) in [6, 6.07) is 13.7. The van der Waals surface area contributed by atoms with Crippen LogP contribution in [-0.4, -0.2) is 52.3 Å². The van der Waals surface area contributed by atoms with Crippen molar-refractivity contribution in [3.05, 3.63) is 106 Å². The number of anilines is 1. The summed E-state index contributed by atoms with van der Waals surface area (Å²) in [5.74, 6) is -0.801. The average molecular weight is 701 g/mol. The largest absolute Gasteiger partial charge is 0.481 e. The van der Waals surface area contributed by atoms with Crippen LogP contribution in [0.2, 0.25) is 0 Å². The maximum absolute atomic E-state index is 11.9. The molecule has 0 amide bonds. The molecule has 0 aromatic heterocycles. The number of hydrogen-bond acceptors (Lipinski definition) is 6. The van der Waals surface area contributed by atoms with Gasteiger partial charge in [-0.2, -0.15) is 13.0 Å². The van der Waals surface area contributed by atoms with Crippen molar-refractivity contribution in [1.82, 2.24) is 0 Å². The first kappa shape index (κ1) is 36.7. The van der Waals surface area contributed by atoms with Crippen LogP contribution in [-0.2, 0) is 25.7 Å². The Labute approximate surface area is 294 Å². The standard InChI is InChI=1S/C39H45N3O7S/c1-6-7-23-40-32-22-18-28(42(45)46)26-31(32)38(2,3)34(40)14-10-8-11-15-35-39(4,5)37-30-20-19-29(50(47,48)49)25-27(30)17-21-33(37)41(35)24-13-9-12-16-36(43)44/h8,10-11,14-15,17-22,25-26H,6-7,9,12-13,16,23-24H2,1-5H3,(H-,43,44,47,48,49)/p+1. The second-order valence-electron chi connectivity index (χ2n) is 14.1. The number of carbonyl (C=O) groups is 1. The lowest BCUT2D eigenvalue weighted by Crippen LogP contribution is -2.28. The van der Waals surface area contributed by atoms with Gasteiger partial charge in [0.25, 0.3) is 15.8 Å². The zero-order valence-corrected chi connectivity index (χ0v) is 30.2. The minimum Gasteiger partial charge on any atom is -0.481 e. The Balaban J connectivity index is 1.49. The van der Waals surface area contributed by atoms with Crippen LogP contribution in [0, 0.1) is 10.1 Å². The molecule has 0 fully saturated rings. The molecule has 5 rings (SSSR count). The lowest BCUT2D eigenvalue weighted by Gasteiger charge is -2.26. The van der Waals surface area contributed by atoms with Crippen LogP contribution in [0.1, 0.15) is 84.3 Å². The molecule has 0 aliphatic carbocycles. The molecular weight excluding hydrogens is 655 g/mol. The third kappa shape index (κ3) is 7.15. The quantitative estimate of drug-likeness (QED) is 0.0425. The molecule has 0 radical (unpaired) electrons. The second-order valence-corrected chi connectivity index (χ2v) is 15.5. The fraction of sp³-hybridized carbons (Fsp3) is 0.385. The van der Waals surface area contributed by atoms with Crippen LogP contribution in [0.15, 0.2) is 89.5 Å². The molecule has 0 atom stereocenters. The molecule has 264 valence electrons. The van der Waals surface area contributed by atoms with Crippen LogP contribution in [0.5, 0.6) is 0 Å². The number of carboxylic acid groups (broad SMARTS) is 1. The number of carboxylic acids is 1. The Morgan fingerprint density at radius 3 is 2.40 bits per heavy atom.